The maximum Gasteiger partial charge on any atom is 0.0697 e. The lowest BCUT2D eigenvalue weighted by molar-refractivity contribution is 0.383. The molecular formula is C15H19ClN2. The quantitative estimate of drug-likeness (QED) is 0.873. The van der Waals surface area contributed by atoms with Crippen molar-refractivity contribution in [2.75, 3.05) is 6.54 Å². The first-order chi connectivity index (χ1) is 8.52. The molecule has 1 fully saturated rings. The van der Waals surface area contributed by atoms with E-state index in [1.807, 2.05) is 26.0 Å². The van der Waals surface area contributed by atoms with Gasteiger partial charge in [-0.1, -0.05) is 23.7 Å². The van der Waals surface area contributed by atoms with Gasteiger partial charge in [-0.25, -0.2) is 0 Å². The van der Waals surface area contributed by atoms with Crippen molar-refractivity contribution in [1.82, 2.24) is 5.32 Å². The van der Waals surface area contributed by atoms with Crippen molar-refractivity contribution >= 4 is 11.6 Å². The molecule has 1 saturated carbocycles. The van der Waals surface area contributed by atoms with Gasteiger partial charge in [0.15, 0.2) is 0 Å². The monoisotopic (exact) mass is 262 g/mol. The minimum Gasteiger partial charge on any atom is -0.308 e. The normalized spacial score (nSPS) is 17.2. The molecule has 1 aromatic carbocycles. The Balaban J connectivity index is 2.05. The molecule has 1 aliphatic rings. The average molecular weight is 263 g/mol. The van der Waals surface area contributed by atoms with Crippen LogP contribution in [0.1, 0.15) is 38.3 Å². The number of nitrogens with zero attached hydrogens (tertiary/aromatic N) is 1. The molecule has 18 heavy (non-hydrogen) atoms. The Morgan fingerprint density at radius 3 is 2.50 bits per heavy atom. The zero-order chi connectivity index (χ0) is 13.2. The molecule has 1 atom stereocenters. The summed E-state index contributed by atoms with van der Waals surface area (Å²) < 4.78 is 0. The smallest absolute Gasteiger partial charge is 0.0697 e. The molecule has 0 heterocycles. The van der Waals surface area contributed by atoms with E-state index in [4.69, 9.17) is 16.9 Å². The lowest BCUT2D eigenvalue weighted by Crippen LogP contribution is -2.32. The Bertz CT molecular complexity index is 441. The van der Waals surface area contributed by atoms with Gasteiger partial charge in [0.2, 0.25) is 0 Å². The van der Waals surface area contributed by atoms with Crippen LogP contribution in [0.25, 0.3) is 0 Å². The van der Waals surface area contributed by atoms with Crippen molar-refractivity contribution in [1.29, 1.82) is 5.26 Å². The van der Waals surface area contributed by atoms with Crippen LogP contribution in [0, 0.1) is 22.7 Å². The van der Waals surface area contributed by atoms with Crippen LogP contribution in [0.15, 0.2) is 24.3 Å². The van der Waals surface area contributed by atoms with E-state index in [-0.39, 0.29) is 5.41 Å². The molecule has 96 valence electrons. The summed E-state index contributed by atoms with van der Waals surface area (Å²) in [6.45, 7) is 4.64. The fourth-order valence-corrected chi connectivity index (χ4v) is 2.19. The Morgan fingerprint density at radius 2 is 2.00 bits per heavy atom. The molecule has 0 saturated heterocycles. The zero-order valence-corrected chi connectivity index (χ0v) is 11.7. The van der Waals surface area contributed by atoms with Crippen LogP contribution in [0.3, 0.4) is 0 Å². The molecule has 0 aromatic heterocycles. The average Bonchev–Trinajstić information content (AvgIpc) is 3.16. The van der Waals surface area contributed by atoms with Crippen LogP contribution < -0.4 is 5.32 Å². The minimum absolute atomic E-state index is 0.320. The SMILES string of the molecule is CC(C)(C#N)CNC(c1ccc(Cl)cc1)C1CC1. The summed E-state index contributed by atoms with van der Waals surface area (Å²) in [6, 6.07) is 10.7. The van der Waals surface area contributed by atoms with Gasteiger partial charge >= 0.3 is 0 Å². The lowest BCUT2D eigenvalue weighted by atomic mass is 9.94. The Morgan fingerprint density at radius 1 is 1.39 bits per heavy atom. The van der Waals surface area contributed by atoms with E-state index in [0.717, 1.165) is 5.02 Å². The summed E-state index contributed by atoms with van der Waals surface area (Å²) in [5, 5.41) is 13.4. The van der Waals surface area contributed by atoms with Crippen LogP contribution in [-0.2, 0) is 0 Å². The number of nitrogens with one attached hydrogen (secondary N) is 1. The summed E-state index contributed by atoms with van der Waals surface area (Å²) in [5.41, 5.74) is 0.954. The second-order valence-corrected chi connectivity index (χ2v) is 6.18. The molecule has 2 nitrogen and oxygen atoms in total. The number of nitriles is 1. The molecule has 1 aliphatic carbocycles. The lowest BCUT2D eigenvalue weighted by Gasteiger charge is -2.23. The van der Waals surface area contributed by atoms with Gasteiger partial charge in [0, 0.05) is 17.6 Å². The van der Waals surface area contributed by atoms with Crippen molar-refractivity contribution in [3.8, 4) is 6.07 Å². The van der Waals surface area contributed by atoms with Crippen molar-refractivity contribution < 1.29 is 0 Å². The van der Waals surface area contributed by atoms with Gasteiger partial charge in [0.05, 0.1) is 11.5 Å². The van der Waals surface area contributed by atoms with Crippen LogP contribution in [0.4, 0.5) is 0 Å². The van der Waals surface area contributed by atoms with Crippen molar-refractivity contribution in [2.24, 2.45) is 11.3 Å². The molecule has 3 heteroatoms. The summed E-state index contributed by atoms with van der Waals surface area (Å²) in [7, 11) is 0. The number of hydrogen-bond acceptors (Lipinski definition) is 2. The van der Waals surface area contributed by atoms with E-state index in [2.05, 4.69) is 23.5 Å². The van der Waals surface area contributed by atoms with E-state index >= 15 is 0 Å². The number of benzene rings is 1. The minimum atomic E-state index is -0.320. The fourth-order valence-electron chi connectivity index (χ4n) is 2.06. The number of halogens is 1. The maximum absolute atomic E-state index is 9.06. The van der Waals surface area contributed by atoms with Crippen LogP contribution >= 0.6 is 11.6 Å². The maximum atomic E-state index is 9.06. The van der Waals surface area contributed by atoms with Gasteiger partial charge in [0.1, 0.15) is 0 Å². The first kappa shape index (κ1) is 13.4. The van der Waals surface area contributed by atoms with Crippen molar-refractivity contribution in [3.05, 3.63) is 34.9 Å². The molecule has 0 radical (unpaired) electrons. The molecular weight excluding hydrogens is 244 g/mol. The molecule has 2 rings (SSSR count). The Labute approximate surface area is 114 Å². The highest BCUT2D eigenvalue weighted by molar-refractivity contribution is 6.30. The standard InChI is InChI=1S/C15H19ClN2/c1-15(2,9-17)10-18-14(11-3-4-11)12-5-7-13(16)8-6-12/h5-8,11,14,18H,3-4,10H2,1-2H3. The molecule has 0 bridgehead atoms. The van der Waals surface area contributed by atoms with Gasteiger partial charge in [-0.15, -0.1) is 0 Å². The molecule has 1 unspecified atom stereocenters. The fraction of sp³-hybridized carbons (Fsp3) is 0.533. The third-order valence-corrected chi connectivity index (χ3v) is 3.64. The van der Waals surface area contributed by atoms with E-state index in [9.17, 15) is 0 Å². The van der Waals surface area contributed by atoms with E-state index in [0.29, 0.717) is 18.5 Å². The van der Waals surface area contributed by atoms with E-state index in [1.54, 1.807) is 0 Å². The van der Waals surface area contributed by atoms with E-state index in [1.165, 1.54) is 18.4 Å². The van der Waals surface area contributed by atoms with Gasteiger partial charge < -0.3 is 5.32 Å². The molecule has 0 amide bonds. The molecule has 0 spiro atoms. The Hall–Kier alpha value is -1.04. The second-order valence-electron chi connectivity index (χ2n) is 5.74. The van der Waals surface area contributed by atoms with Crippen molar-refractivity contribution in [3.63, 3.8) is 0 Å². The van der Waals surface area contributed by atoms with Crippen LogP contribution in [-0.4, -0.2) is 6.54 Å². The van der Waals surface area contributed by atoms with Gasteiger partial charge in [-0.3, -0.25) is 0 Å². The first-order valence-electron chi connectivity index (χ1n) is 6.42. The number of hydrogen-bond donors (Lipinski definition) is 1. The second kappa shape index (κ2) is 5.30. The number of rotatable bonds is 5. The van der Waals surface area contributed by atoms with Crippen molar-refractivity contribution in [2.45, 2.75) is 32.7 Å². The van der Waals surface area contributed by atoms with Crippen LogP contribution in [0.5, 0.6) is 0 Å². The third kappa shape index (κ3) is 3.48. The highest BCUT2D eigenvalue weighted by Crippen LogP contribution is 2.41. The summed E-state index contributed by atoms with van der Waals surface area (Å²) in [4.78, 5) is 0. The van der Waals surface area contributed by atoms with Gasteiger partial charge in [-0.2, -0.15) is 5.26 Å². The largest absolute Gasteiger partial charge is 0.308 e. The summed E-state index contributed by atoms with van der Waals surface area (Å²) in [6.07, 6.45) is 2.54. The molecule has 0 aliphatic heterocycles. The topological polar surface area (TPSA) is 35.8 Å². The first-order valence-corrected chi connectivity index (χ1v) is 6.80. The molecule has 1 aromatic rings. The Kier molecular flexibility index (Phi) is 3.94. The highest BCUT2D eigenvalue weighted by Gasteiger charge is 2.33. The zero-order valence-electron chi connectivity index (χ0n) is 10.9. The summed E-state index contributed by atoms with van der Waals surface area (Å²) in [5.74, 6) is 0.709. The predicted molar refractivity (Wildman–Crippen MR) is 74.3 cm³/mol. The highest BCUT2D eigenvalue weighted by atomic mass is 35.5. The predicted octanol–water partition coefficient (Wildman–Crippen LogP) is 3.93. The van der Waals surface area contributed by atoms with Gasteiger partial charge in [0.25, 0.3) is 0 Å². The van der Waals surface area contributed by atoms with Gasteiger partial charge in [-0.05, 0) is 50.3 Å². The third-order valence-electron chi connectivity index (χ3n) is 3.39. The van der Waals surface area contributed by atoms with Crippen LogP contribution in [0.2, 0.25) is 5.02 Å². The molecule has 1 N–H and O–H groups in total. The van der Waals surface area contributed by atoms with E-state index < -0.39 is 0 Å². The summed E-state index contributed by atoms with van der Waals surface area (Å²) >= 11 is 5.92.